The van der Waals surface area contributed by atoms with Crippen molar-refractivity contribution < 1.29 is 9.21 Å². The summed E-state index contributed by atoms with van der Waals surface area (Å²) in [6, 6.07) is 10.4. The lowest BCUT2D eigenvalue weighted by Crippen LogP contribution is -2.39. The molecule has 0 bridgehead atoms. The number of benzene rings is 1. The summed E-state index contributed by atoms with van der Waals surface area (Å²) in [6.45, 7) is 3.34. The Kier molecular flexibility index (Phi) is 4.22. The van der Waals surface area contributed by atoms with Gasteiger partial charge < -0.3 is 9.32 Å². The molecule has 5 heteroatoms. The molecule has 0 radical (unpaired) electrons. The largest absolute Gasteiger partial charge is 0.438 e. The minimum atomic E-state index is -0.0391. The molecule has 5 nitrogen and oxygen atoms in total. The van der Waals surface area contributed by atoms with Crippen LogP contribution >= 0.6 is 0 Å². The lowest BCUT2D eigenvalue weighted by atomic mass is 9.89. The van der Waals surface area contributed by atoms with Crippen LogP contribution < -0.4 is 0 Å². The van der Waals surface area contributed by atoms with Gasteiger partial charge in [-0.2, -0.15) is 0 Å². The molecular weight excluding hydrogens is 314 g/mol. The van der Waals surface area contributed by atoms with Gasteiger partial charge in [0.05, 0.1) is 11.2 Å². The number of para-hydroxylation sites is 1. The van der Waals surface area contributed by atoms with E-state index in [2.05, 4.69) is 34.2 Å². The van der Waals surface area contributed by atoms with Crippen LogP contribution in [-0.2, 0) is 6.42 Å². The van der Waals surface area contributed by atoms with Crippen molar-refractivity contribution in [1.29, 1.82) is 0 Å². The Balaban J connectivity index is 1.42. The SMILES string of the molecule is Cc1ncoc1C(=O)N1CCC(Cc2ccnc3ccccc23)CC1. The standard InChI is InChI=1S/C20H21N3O2/c1-14-19(25-13-22-14)20(24)23-10-7-15(8-11-23)12-16-6-9-21-18-5-3-2-4-17(16)18/h2-6,9,13,15H,7-8,10-12H2,1H3. The van der Waals surface area contributed by atoms with Crippen LogP contribution in [0.2, 0.25) is 0 Å². The van der Waals surface area contributed by atoms with Crippen LogP contribution in [0, 0.1) is 12.8 Å². The topological polar surface area (TPSA) is 59.2 Å². The molecule has 25 heavy (non-hydrogen) atoms. The number of nitrogens with zero attached hydrogens (tertiary/aromatic N) is 3. The van der Waals surface area contributed by atoms with Crippen molar-refractivity contribution >= 4 is 16.8 Å². The van der Waals surface area contributed by atoms with Gasteiger partial charge in [-0.15, -0.1) is 0 Å². The second-order valence-electron chi connectivity index (χ2n) is 6.69. The average molecular weight is 335 g/mol. The number of piperidine rings is 1. The number of rotatable bonds is 3. The van der Waals surface area contributed by atoms with E-state index in [1.165, 1.54) is 17.3 Å². The molecule has 3 heterocycles. The lowest BCUT2D eigenvalue weighted by molar-refractivity contribution is 0.0657. The first-order valence-electron chi connectivity index (χ1n) is 8.74. The third kappa shape index (κ3) is 3.14. The highest BCUT2D eigenvalue weighted by atomic mass is 16.3. The molecule has 0 atom stereocenters. The zero-order chi connectivity index (χ0) is 17.2. The van der Waals surface area contributed by atoms with Gasteiger partial charge in [-0.05, 0) is 49.8 Å². The molecule has 1 fully saturated rings. The predicted molar refractivity (Wildman–Crippen MR) is 95.3 cm³/mol. The molecule has 0 spiro atoms. The van der Waals surface area contributed by atoms with E-state index >= 15 is 0 Å². The van der Waals surface area contributed by atoms with Gasteiger partial charge in [0.25, 0.3) is 5.91 Å². The summed E-state index contributed by atoms with van der Waals surface area (Å²) in [5, 5.41) is 1.24. The number of fused-ring (bicyclic) bond motifs is 1. The maximum atomic E-state index is 12.5. The summed E-state index contributed by atoms with van der Waals surface area (Å²) in [5.41, 5.74) is 3.06. The molecule has 128 valence electrons. The fourth-order valence-corrected chi connectivity index (χ4v) is 3.64. The van der Waals surface area contributed by atoms with E-state index in [0.29, 0.717) is 17.4 Å². The molecule has 1 aliphatic rings. The first kappa shape index (κ1) is 15.8. The van der Waals surface area contributed by atoms with E-state index < -0.39 is 0 Å². The van der Waals surface area contributed by atoms with Gasteiger partial charge in [-0.1, -0.05) is 18.2 Å². The van der Waals surface area contributed by atoms with Crippen LogP contribution in [0.4, 0.5) is 0 Å². The highest BCUT2D eigenvalue weighted by molar-refractivity contribution is 5.92. The first-order chi connectivity index (χ1) is 12.2. The monoisotopic (exact) mass is 335 g/mol. The molecule has 1 saturated heterocycles. The van der Waals surface area contributed by atoms with Crippen molar-refractivity contribution in [3.05, 3.63) is 59.9 Å². The first-order valence-corrected chi connectivity index (χ1v) is 8.74. The van der Waals surface area contributed by atoms with E-state index in [-0.39, 0.29) is 5.91 Å². The molecule has 0 aliphatic carbocycles. The van der Waals surface area contributed by atoms with E-state index in [1.807, 2.05) is 17.2 Å². The number of oxazole rings is 1. The minimum absolute atomic E-state index is 0.0391. The quantitative estimate of drug-likeness (QED) is 0.733. The van der Waals surface area contributed by atoms with E-state index in [0.717, 1.165) is 37.9 Å². The number of hydrogen-bond acceptors (Lipinski definition) is 4. The summed E-state index contributed by atoms with van der Waals surface area (Å²) < 4.78 is 5.24. The van der Waals surface area contributed by atoms with Crippen molar-refractivity contribution in [1.82, 2.24) is 14.9 Å². The molecule has 0 saturated carbocycles. The zero-order valence-corrected chi connectivity index (χ0v) is 14.3. The fourth-order valence-electron chi connectivity index (χ4n) is 3.64. The van der Waals surface area contributed by atoms with Gasteiger partial charge in [0.1, 0.15) is 0 Å². The second-order valence-corrected chi connectivity index (χ2v) is 6.69. The van der Waals surface area contributed by atoms with Gasteiger partial charge in [0.2, 0.25) is 5.76 Å². The number of likely N-dealkylation sites (tertiary alicyclic amines) is 1. The molecule has 1 aliphatic heterocycles. The maximum Gasteiger partial charge on any atom is 0.291 e. The Morgan fingerprint density at radius 2 is 2.00 bits per heavy atom. The molecule has 1 aromatic carbocycles. The average Bonchev–Trinajstić information content (AvgIpc) is 3.08. The van der Waals surface area contributed by atoms with Gasteiger partial charge in [-0.25, -0.2) is 4.98 Å². The molecule has 3 aromatic rings. The van der Waals surface area contributed by atoms with Crippen molar-refractivity contribution in [3.63, 3.8) is 0 Å². The van der Waals surface area contributed by atoms with Gasteiger partial charge in [0, 0.05) is 24.7 Å². The maximum absolute atomic E-state index is 12.5. The number of aromatic nitrogens is 2. The van der Waals surface area contributed by atoms with Crippen molar-refractivity contribution in [2.75, 3.05) is 13.1 Å². The fraction of sp³-hybridized carbons (Fsp3) is 0.350. The number of hydrogen-bond donors (Lipinski definition) is 0. The van der Waals surface area contributed by atoms with Crippen LogP contribution in [-0.4, -0.2) is 33.9 Å². The molecule has 0 unspecified atom stereocenters. The second kappa shape index (κ2) is 6.67. The van der Waals surface area contributed by atoms with E-state index in [9.17, 15) is 4.79 Å². The van der Waals surface area contributed by atoms with E-state index in [1.54, 1.807) is 6.92 Å². The third-order valence-electron chi connectivity index (χ3n) is 5.09. The zero-order valence-electron chi connectivity index (χ0n) is 14.3. The Morgan fingerprint density at radius 3 is 2.76 bits per heavy atom. The van der Waals surface area contributed by atoms with Crippen molar-refractivity contribution in [3.8, 4) is 0 Å². The van der Waals surface area contributed by atoms with Gasteiger partial charge in [-0.3, -0.25) is 9.78 Å². The van der Waals surface area contributed by atoms with Crippen molar-refractivity contribution in [2.24, 2.45) is 5.92 Å². The van der Waals surface area contributed by atoms with E-state index in [4.69, 9.17) is 4.42 Å². The molecule has 0 N–H and O–H groups in total. The van der Waals surface area contributed by atoms with Crippen LogP contribution in [0.15, 0.2) is 47.3 Å². The molecule has 4 rings (SSSR count). The number of carbonyl (C=O) groups excluding carboxylic acids is 1. The van der Waals surface area contributed by atoms with Crippen molar-refractivity contribution in [2.45, 2.75) is 26.2 Å². The molecular formula is C20H21N3O2. The summed E-state index contributed by atoms with van der Waals surface area (Å²) >= 11 is 0. The Labute approximate surface area is 146 Å². The minimum Gasteiger partial charge on any atom is -0.438 e. The summed E-state index contributed by atoms with van der Waals surface area (Å²) in [5.74, 6) is 0.923. The summed E-state index contributed by atoms with van der Waals surface area (Å²) in [6.07, 6.45) is 6.28. The number of pyridine rings is 1. The number of amides is 1. The van der Waals surface area contributed by atoms with Crippen LogP contribution in [0.5, 0.6) is 0 Å². The number of aryl methyl sites for hydroxylation is 1. The Morgan fingerprint density at radius 1 is 1.20 bits per heavy atom. The Bertz CT molecular complexity index is 889. The normalized spacial score (nSPS) is 15.6. The van der Waals surface area contributed by atoms with Crippen LogP contribution in [0.3, 0.4) is 0 Å². The highest BCUT2D eigenvalue weighted by Gasteiger charge is 2.27. The van der Waals surface area contributed by atoms with Crippen LogP contribution in [0.1, 0.15) is 34.7 Å². The molecule has 1 amide bonds. The highest BCUT2D eigenvalue weighted by Crippen LogP contribution is 2.26. The third-order valence-corrected chi connectivity index (χ3v) is 5.09. The summed E-state index contributed by atoms with van der Waals surface area (Å²) in [7, 11) is 0. The van der Waals surface area contributed by atoms with Crippen LogP contribution in [0.25, 0.3) is 10.9 Å². The number of carbonyl (C=O) groups is 1. The van der Waals surface area contributed by atoms with Gasteiger partial charge >= 0.3 is 0 Å². The predicted octanol–water partition coefficient (Wildman–Crippen LogP) is 3.63. The Hall–Kier alpha value is -2.69. The summed E-state index contributed by atoms with van der Waals surface area (Å²) in [4.78, 5) is 22.8. The molecule has 2 aromatic heterocycles. The van der Waals surface area contributed by atoms with Gasteiger partial charge in [0.15, 0.2) is 6.39 Å². The lowest BCUT2D eigenvalue weighted by Gasteiger charge is -2.31. The smallest absolute Gasteiger partial charge is 0.291 e.